The number of Topliss-reactive ketones (excluding diaryl/α,β-unsaturated/α-hetero) is 1. The summed E-state index contributed by atoms with van der Waals surface area (Å²) in [5, 5.41) is 0.302. The van der Waals surface area contributed by atoms with Gasteiger partial charge in [-0.15, -0.1) is 0 Å². The highest BCUT2D eigenvalue weighted by molar-refractivity contribution is 6.41. The van der Waals surface area contributed by atoms with Crippen molar-refractivity contribution >= 4 is 46.0 Å². The Balaban J connectivity index is 1.57. The van der Waals surface area contributed by atoms with Crippen LogP contribution in [0.5, 0.6) is 0 Å². The van der Waals surface area contributed by atoms with Crippen molar-refractivity contribution in [3.8, 4) is 0 Å². The number of para-hydroxylation sites is 1. The lowest BCUT2D eigenvalue weighted by atomic mass is 9.59. The van der Waals surface area contributed by atoms with Crippen LogP contribution in [0.2, 0.25) is 5.02 Å². The molecule has 224 valence electrons. The highest BCUT2D eigenvalue weighted by Gasteiger charge is 2.82. The number of anilines is 1. The third-order valence-electron chi connectivity index (χ3n) is 10.2. The van der Waals surface area contributed by atoms with E-state index in [1.807, 2.05) is 123 Å². The van der Waals surface area contributed by atoms with Crippen molar-refractivity contribution in [2.45, 2.75) is 24.7 Å². The monoisotopic (exact) mass is 619 g/mol. The lowest BCUT2D eigenvalue weighted by molar-refractivity contribution is -0.130. The van der Waals surface area contributed by atoms with Gasteiger partial charge in [-0.2, -0.15) is 0 Å². The van der Waals surface area contributed by atoms with Crippen LogP contribution in [-0.4, -0.2) is 17.6 Å². The number of imide groups is 1. The topological polar surface area (TPSA) is 54.5 Å². The zero-order valence-electron chi connectivity index (χ0n) is 25.4. The van der Waals surface area contributed by atoms with E-state index >= 15 is 14.4 Å². The van der Waals surface area contributed by atoms with Gasteiger partial charge in [-0.05, 0) is 59.4 Å². The first-order chi connectivity index (χ1) is 22.3. The fourth-order valence-electron chi connectivity index (χ4n) is 8.44. The Labute approximate surface area is 273 Å². The smallest absolute Gasteiger partial charge is 0.239 e. The molecule has 0 spiro atoms. The first kappa shape index (κ1) is 28.4. The average molecular weight is 620 g/mol. The summed E-state index contributed by atoms with van der Waals surface area (Å²) in [6, 6.07) is 42.4. The molecule has 4 nitrogen and oxygen atoms in total. The molecule has 4 atom stereocenters. The number of aryl methyl sites for hydroxylation is 2. The fourth-order valence-corrected chi connectivity index (χ4v) is 8.66. The standard InChI is InChI=1S/C41H30ClNO3/c1-25-17-21-27(22-18-25)33-34(28-23-19-26(2)20-24-28)41(30-13-7-4-8-14-30)36-35(40(33,39(41)46)29-11-5-3-6-12-29)37(44)43(38(36)45)32-16-10-9-15-31(32)42/h3-24,35-36H,1-2H3/t35-,36-,40-,41-/m1/s1. The number of rotatable bonds is 5. The number of allylic oxidation sites excluding steroid dienone is 2. The molecule has 5 aromatic rings. The SMILES string of the molecule is Cc1ccc(C2=C(c3ccc(C)cc3)[C@@]3(c4ccccc4)C(=O)[C@@]2(c2ccccc2)[C@H]2C(=O)N(c4ccccc4Cl)C(=O)[C@@H]23)cc1. The Morgan fingerprint density at radius 1 is 0.522 bits per heavy atom. The van der Waals surface area contributed by atoms with E-state index in [4.69, 9.17) is 11.6 Å². The van der Waals surface area contributed by atoms with Gasteiger partial charge in [0.1, 0.15) is 0 Å². The van der Waals surface area contributed by atoms with Crippen LogP contribution >= 0.6 is 11.6 Å². The molecule has 2 aliphatic carbocycles. The highest BCUT2D eigenvalue weighted by Crippen LogP contribution is 2.74. The average Bonchev–Trinajstić information content (AvgIpc) is 3.59. The summed E-state index contributed by atoms with van der Waals surface area (Å²) in [4.78, 5) is 47.2. The van der Waals surface area contributed by atoms with Crippen molar-refractivity contribution in [1.29, 1.82) is 0 Å². The molecule has 5 aromatic carbocycles. The van der Waals surface area contributed by atoms with Crippen LogP contribution in [0.4, 0.5) is 5.69 Å². The van der Waals surface area contributed by atoms with Gasteiger partial charge in [-0.1, -0.05) is 144 Å². The largest absolute Gasteiger partial charge is 0.297 e. The van der Waals surface area contributed by atoms with Crippen LogP contribution in [-0.2, 0) is 25.2 Å². The number of benzene rings is 5. The van der Waals surface area contributed by atoms with E-state index in [2.05, 4.69) is 0 Å². The lowest BCUT2D eigenvalue weighted by Crippen LogP contribution is -2.45. The van der Waals surface area contributed by atoms with Gasteiger partial charge in [0.25, 0.3) is 0 Å². The minimum atomic E-state index is -1.44. The Bertz CT molecular complexity index is 1960. The molecule has 0 radical (unpaired) electrons. The van der Waals surface area contributed by atoms with Crippen molar-refractivity contribution in [2.75, 3.05) is 4.90 Å². The van der Waals surface area contributed by atoms with E-state index in [0.29, 0.717) is 21.8 Å². The first-order valence-corrected chi connectivity index (χ1v) is 15.9. The van der Waals surface area contributed by atoms with Crippen molar-refractivity contribution in [1.82, 2.24) is 0 Å². The molecule has 46 heavy (non-hydrogen) atoms. The zero-order valence-corrected chi connectivity index (χ0v) is 26.2. The van der Waals surface area contributed by atoms with Crippen LogP contribution in [0.3, 0.4) is 0 Å². The van der Waals surface area contributed by atoms with Crippen molar-refractivity contribution in [3.05, 3.63) is 172 Å². The normalized spacial score (nSPS) is 25.0. The first-order valence-electron chi connectivity index (χ1n) is 15.5. The van der Waals surface area contributed by atoms with E-state index in [9.17, 15) is 0 Å². The number of ketones is 1. The van der Waals surface area contributed by atoms with Crippen LogP contribution < -0.4 is 4.90 Å². The van der Waals surface area contributed by atoms with Gasteiger partial charge < -0.3 is 0 Å². The molecular formula is C41H30ClNO3. The third-order valence-corrected chi connectivity index (χ3v) is 10.5. The molecule has 1 aliphatic heterocycles. The Morgan fingerprint density at radius 3 is 1.33 bits per heavy atom. The minimum absolute atomic E-state index is 0.140. The predicted octanol–water partition coefficient (Wildman–Crippen LogP) is 8.15. The second-order valence-corrected chi connectivity index (χ2v) is 13.0. The minimum Gasteiger partial charge on any atom is -0.297 e. The van der Waals surface area contributed by atoms with E-state index in [-0.39, 0.29) is 5.78 Å². The molecule has 1 heterocycles. The van der Waals surface area contributed by atoms with Crippen LogP contribution in [0, 0.1) is 25.7 Å². The second kappa shape index (κ2) is 10.2. The molecule has 1 saturated heterocycles. The number of halogens is 1. The number of hydrogen-bond donors (Lipinski definition) is 0. The summed E-state index contributed by atoms with van der Waals surface area (Å²) >= 11 is 6.67. The highest BCUT2D eigenvalue weighted by atomic mass is 35.5. The molecule has 0 unspecified atom stereocenters. The molecular weight excluding hydrogens is 590 g/mol. The maximum absolute atomic E-state index is 15.9. The van der Waals surface area contributed by atoms with Crippen molar-refractivity contribution < 1.29 is 14.4 Å². The summed E-state index contributed by atoms with van der Waals surface area (Å²) < 4.78 is 0. The predicted molar refractivity (Wildman–Crippen MR) is 181 cm³/mol. The Morgan fingerprint density at radius 2 is 0.913 bits per heavy atom. The summed E-state index contributed by atoms with van der Waals surface area (Å²) in [5.74, 6) is -2.94. The van der Waals surface area contributed by atoms with Gasteiger partial charge in [0.15, 0.2) is 5.78 Å². The number of carbonyl (C=O) groups excluding carboxylic acids is 3. The van der Waals surface area contributed by atoms with Gasteiger partial charge in [-0.25, -0.2) is 4.90 Å². The molecule has 0 N–H and O–H groups in total. The third kappa shape index (κ3) is 3.53. The Hall–Kier alpha value is -5.06. The van der Waals surface area contributed by atoms with Crippen LogP contribution in [0.15, 0.2) is 133 Å². The number of carbonyl (C=O) groups is 3. The van der Waals surface area contributed by atoms with E-state index < -0.39 is 34.5 Å². The fraction of sp³-hybridized carbons (Fsp3) is 0.146. The molecule has 3 aliphatic rings. The summed E-state index contributed by atoms with van der Waals surface area (Å²) in [5.41, 5.74) is 4.27. The lowest BCUT2D eigenvalue weighted by Gasteiger charge is -2.39. The Kier molecular flexibility index (Phi) is 6.32. The molecule has 2 amide bonds. The quantitative estimate of drug-likeness (QED) is 0.187. The maximum atomic E-state index is 15.9. The molecule has 5 heteroatoms. The van der Waals surface area contributed by atoms with E-state index in [1.165, 1.54) is 4.90 Å². The molecule has 0 aromatic heterocycles. The molecule has 2 bridgehead atoms. The van der Waals surface area contributed by atoms with Gasteiger partial charge in [0.05, 0.1) is 33.4 Å². The van der Waals surface area contributed by atoms with Gasteiger partial charge in [-0.3, -0.25) is 14.4 Å². The van der Waals surface area contributed by atoms with E-state index in [1.54, 1.807) is 24.3 Å². The summed E-state index contributed by atoms with van der Waals surface area (Å²) in [7, 11) is 0. The second-order valence-electron chi connectivity index (χ2n) is 12.6. The number of amides is 2. The summed E-state index contributed by atoms with van der Waals surface area (Å²) in [6.45, 7) is 4.06. The van der Waals surface area contributed by atoms with Crippen molar-refractivity contribution in [2.24, 2.45) is 11.8 Å². The van der Waals surface area contributed by atoms with Gasteiger partial charge in [0.2, 0.25) is 11.8 Å². The van der Waals surface area contributed by atoms with Crippen molar-refractivity contribution in [3.63, 3.8) is 0 Å². The summed E-state index contributed by atoms with van der Waals surface area (Å²) in [6.07, 6.45) is 0. The number of hydrogen-bond acceptors (Lipinski definition) is 3. The molecule has 2 fully saturated rings. The number of nitrogens with zero attached hydrogens (tertiary/aromatic N) is 1. The van der Waals surface area contributed by atoms with Crippen LogP contribution in [0.25, 0.3) is 11.1 Å². The molecule has 8 rings (SSSR count). The van der Waals surface area contributed by atoms with Crippen LogP contribution in [0.1, 0.15) is 33.4 Å². The number of fused-ring (bicyclic) bond motifs is 5. The van der Waals surface area contributed by atoms with Gasteiger partial charge in [0, 0.05) is 0 Å². The van der Waals surface area contributed by atoms with E-state index in [0.717, 1.165) is 33.4 Å². The van der Waals surface area contributed by atoms with Gasteiger partial charge >= 0.3 is 0 Å². The molecule has 1 saturated carbocycles. The maximum Gasteiger partial charge on any atom is 0.239 e. The zero-order chi connectivity index (χ0) is 31.8.